The molecule has 3 N–H and O–H groups in total. The number of hydrogen-bond donors (Lipinski definition) is 2. The van der Waals surface area contributed by atoms with Crippen molar-refractivity contribution in [1.29, 1.82) is 0 Å². The Labute approximate surface area is 129 Å². The van der Waals surface area contributed by atoms with E-state index < -0.39 is 0 Å². The minimum atomic E-state index is -0.378. The van der Waals surface area contributed by atoms with Crippen LogP contribution in [0.3, 0.4) is 0 Å². The van der Waals surface area contributed by atoms with E-state index >= 15 is 0 Å². The fourth-order valence-corrected chi connectivity index (χ4v) is 2.04. The lowest BCUT2D eigenvalue weighted by molar-refractivity contribution is -0.117. The highest BCUT2D eigenvalue weighted by Gasteiger charge is 2.05. The normalized spacial score (nSPS) is 10.0. The van der Waals surface area contributed by atoms with E-state index in [1.165, 1.54) is 0 Å². The SMILES string of the molecule is COc1ccc(CC(=O)Nc2ccc(CC(N)=O)cc2)cc1. The van der Waals surface area contributed by atoms with E-state index in [2.05, 4.69) is 5.32 Å². The zero-order chi connectivity index (χ0) is 15.9. The first-order valence-electron chi connectivity index (χ1n) is 6.87. The van der Waals surface area contributed by atoms with Crippen molar-refractivity contribution < 1.29 is 14.3 Å². The van der Waals surface area contributed by atoms with Crippen LogP contribution >= 0.6 is 0 Å². The van der Waals surface area contributed by atoms with Crippen LogP contribution in [-0.2, 0) is 22.4 Å². The molecular formula is C17H18N2O3. The number of ether oxygens (including phenoxy) is 1. The molecule has 2 rings (SSSR count). The summed E-state index contributed by atoms with van der Waals surface area (Å²) in [4.78, 5) is 22.8. The van der Waals surface area contributed by atoms with Crippen molar-refractivity contribution in [2.45, 2.75) is 12.8 Å². The van der Waals surface area contributed by atoms with Crippen molar-refractivity contribution in [3.05, 3.63) is 59.7 Å². The van der Waals surface area contributed by atoms with Gasteiger partial charge in [0, 0.05) is 5.69 Å². The third-order valence-corrected chi connectivity index (χ3v) is 3.14. The molecule has 0 fully saturated rings. The maximum absolute atomic E-state index is 12.0. The van der Waals surface area contributed by atoms with Crippen molar-refractivity contribution >= 4 is 17.5 Å². The van der Waals surface area contributed by atoms with Gasteiger partial charge in [-0.3, -0.25) is 9.59 Å². The van der Waals surface area contributed by atoms with E-state index in [1.54, 1.807) is 31.4 Å². The number of anilines is 1. The van der Waals surface area contributed by atoms with Crippen LogP contribution in [0.5, 0.6) is 5.75 Å². The predicted molar refractivity (Wildman–Crippen MR) is 84.7 cm³/mol. The molecule has 0 atom stereocenters. The Balaban J connectivity index is 1.92. The second-order valence-electron chi connectivity index (χ2n) is 4.91. The highest BCUT2D eigenvalue weighted by Crippen LogP contribution is 2.13. The Kier molecular flexibility index (Phi) is 5.14. The van der Waals surface area contributed by atoms with Gasteiger partial charge in [0.15, 0.2) is 0 Å². The van der Waals surface area contributed by atoms with E-state index in [4.69, 9.17) is 10.5 Å². The van der Waals surface area contributed by atoms with Gasteiger partial charge in [0.25, 0.3) is 0 Å². The van der Waals surface area contributed by atoms with Gasteiger partial charge in [-0.2, -0.15) is 0 Å². The standard InChI is InChI=1S/C17H18N2O3/c1-22-15-8-4-13(5-9-15)11-17(21)19-14-6-2-12(3-7-14)10-16(18)20/h2-9H,10-11H2,1H3,(H2,18,20)(H,19,21). The Hall–Kier alpha value is -2.82. The number of nitrogens with one attached hydrogen (secondary N) is 1. The Bertz CT molecular complexity index is 649. The molecule has 5 heteroatoms. The number of carbonyl (C=O) groups excluding carboxylic acids is 2. The second kappa shape index (κ2) is 7.26. The average Bonchev–Trinajstić information content (AvgIpc) is 2.49. The molecule has 0 unspecified atom stereocenters. The summed E-state index contributed by atoms with van der Waals surface area (Å²) < 4.78 is 5.07. The van der Waals surface area contributed by atoms with Crippen molar-refractivity contribution in [2.24, 2.45) is 5.73 Å². The molecule has 0 aromatic heterocycles. The molecule has 0 aliphatic heterocycles. The third-order valence-electron chi connectivity index (χ3n) is 3.14. The van der Waals surface area contributed by atoms with Gasteiger partial charge >= 0.3 is 0 Å². The molecule has 2 aromatic rings. The molecule has 114 valence electrons. The van der Waals surface area contributed by atoms with Crippen LogP contribution in [0, 0.1) is 0 Å². The zero-order valence-electron chi connectivity index (χ0n) is 12.3. The van der Waals surface area contributed by atoms with Crippen LogP contribution < -0.4 is 15.8 Å². The largest absolute Gasteiger partial charge is 0.497 e. The lowest BCUT2D eigenvalue weighted by Crippen LogP contribution is -2.15. The van der Waals surface area contributed by atoms with Crippen molar-refractivity contribution in [1.82, 2.24) is 0 Å². The maximum Gasteiger partial charge on any atom is 0.228 e. The highest BCUT2D eigenvalue weighted by atomic mass is 16.5. The fraction of sp³-hybridized carbons (Fsp3) is 0.176. The molecule has 0 aliphatic carbocycles. The van der Waals surface area contributed by atoms with Gasteiger partial charge in [0.05, 0.1) is 20.0 Å². The summed E-state index contributed by atoms with van der Waals surface area (Å²) in [5.41, 5.74) is 7.55. The van der Waals surface area contributed by atoms with E-state index in [1.807, 2.05) is 24.3 Å². The minimum absolute atomic E-state index is 0.104. The predicted octanol–water partition coefficient (Wildman–Crippen LogP) is 1.90. The van der Waals surface area contributed by atoms with Crippen LogP contribution in [0.15, 0.2) is 48.5 Å². The van der Waals surface area contributed by atoms with E-state index in [0.29, 0.717) is 5.69 Å². The highest BCUT2D eigenvalue weighted by molar-refractivity contribution is 5.92. The lowest BCUT2D eigenvalue weighted by atomic mass is 10.1. The van der Waals surface area contributed by atoms with Crippen LogP contribution in [0.25, 0.3) is 0 Å². The number of amides is 2. The molecular weight excluding hydrogens is 280 g/mol. The summed E-state index contributed by atoms with van der Waals surface area (Å²) in [6, 6.07) is 14.4. The molecule has 0 radical (unpaired) electrons. The molecule has 5 nitrogen and oxygen atoms in total. The quantitative estimate of drug-likeness (QED) is 0.854. The van der Waals surface area contributed by atoms with Crippen molar-refractivity contribution in [3.63, 3.8) is 0 Å². The summed E-state index contributed by atoms with van der Waals surface area (Å²) in [7, 11) is 1.60. The Morgan fingerprint density at radius 3 is 2.05 bits per heavy atom. The summed E-state index contributed by atoms with van der Waals surface area (Å²) in [5, 5.41) is 2.81. The lowest BCUT2D eigenvalue weighted by Gasteiger charge is -2.07. The van der Waals surface area contributed by atoms with Crippen molar-refractivity contribution in [3.8, 4) is 5.75 Å². The second-order valence-corrected chi connectivity index (χ2v) is 4.91. The summed E-state index contributed by atoms with van der Waals surface area (Å²) >= 11 is 0. The molecule has 22 heavy (non-hydrogen) atoms. The number of carbonyl (C=O) groups is 2. The third kappa shape index (κ3) is 4.63. The number of primary amides is 1. The van der Waals surface area contributed by atoms with Gasteiger partial charge in [-0.25, -0.2) is 0 Å². The van der Waals surface area contributed by atoms with E-state index in [9.17, 15) is 9.59 Å². The molecule has 0 aliphatic rings. The number of nitrogens with two attached hydrogens (primary N) is 1. The number of methoxy groups -OCH3 is 1. The van der Waals surface area contributed by atoms with Gasteiger partial charge in [0.1, 0.15) is 5.75 Å². The minimum Gasteiger partial charge on any atom is -0.497 e. The Morgan fingerprint density at radius 1 is 0.955 bits per heavy atom. The first-order chi connectivity index (χ1) is 10.6. The first-order valence-corrected chi connectivity index (χ1v) is 6.87. The summed E-state index contributed by atoms with van der Waals surface area (Å²) in [6.45, 7) is 0. The van der Waals surface area contributed by atoms with Gasteiger partial charge in [0.2, 0.25) is 11.8 Å². The first kappa shape index (κ1) is 15.6. The topological polar surface area (TPSA) is 81.4 Å². The molecule has 0 spiro atoms. The molecule has 2 aromatic carbocycles. The van der Waals surface area contributed by atoms with Gasteiger partial charge in [-0.05, 0) is 35.4 Å². The molecule has 0 heterocycles. The molecule has 0 saturated carbocycles. The van der Waals surface area contributed by atoms with Gasteiger partial charge in [-0.1, -0.05) is 24.3 Å². The van der Waals surface area contributed by atoms with Crippen LogP contribution in [0.4, 0.5) is 5.69 Å². The molecule has 2 amide bonds. The smallest absolute Gasteiger partial charge is 0.228 e. The number of benzene rings is 2. The molecule has 0 saturated heterocycles. The summed E-state index contributed by atoms with van der Waals surface area (Å²) in [5.74, 6) is 0.276. The van der Waals surface area contributed by atoms with Crippen LogP contribution in [0.1, 0.15) is 11.1 Å². The fourth-order valence-electron chi connectivity index (χ4n) is 2.04. The van der Waals surface area contributed by atoms with Gasteiger partial charge < -0.3 is 15.8 Å². The van der Waals surface area contributed by atoms with Crippen molar-refractivity contribution in [2.75, 3.05) is 12.4 Å². The van der Waals surface area contributed by atoms with Gasteiger partial charge in [-0.15, -0.1) is 0 Å². The summed E-state index contributed by atoms with van der Waals surface area (Å²) in [6.07, 6.45) is 0.479. The molecule has 0 bridgehead atoms. The number of hydrogen-bond acceptors (Lipinski definition) is 3. The van der Waals surface area contributed by atoms with Crippen LogP contribution in [-0.4, -0.2) is 18.9 Å². The van der Waals surface area contributed by atoms with Crippen LogP contribution in [0.2, 0.25) is 0 Å². The maximum atomic E-state index is 12.0. The Morgan fingerprint density at radius 2 is 1.50 bits per heavy atom. The average molecular weight is 298 g/mol. The van der Waals surface area contributed by atoms with E-state index in [0.717, 1.165) is 16.9 Å². The monoisotopic (exact) mass is 298 g/mol. The zero-order valence-corrected chi connectivity index (χ0v) is 12.3. The van der Waals surface area contributed by atoms with E-state index in [-0.39, 0.29) is 24.7 Å². The number of rotatable bonds is 6.